The summed E-state index contributed by atoms with van der Waals surface area (Å²) in [6.07, 6.45) is 1.02. The van der Waals surface area contributed by atoms with Crippen molar-refractivity contribution in [3.8, 4) is 11.1 Å². The van der Waals surface area contributed by atoms with Crippen LogP contribution in [0.25, 0.3) is 21.9 Å². The van der Waals surface area contributed by atoms with Gasteiger partial charge in [0.25, 0.3) is 0 Å². The highest BCUT2D eigenvalue weighted by atomic mass is 14.8. The second-order valence-electron chi connectivity index (χ2n) is 7.95. The average Bonchev–Trinajstić information content (AvgIpc) is 2.59. The summed E-state index contributed by atoms with van der Waals surface area (Å²) in [5.41, 5.74) is 7.45. The first kappa shape index (κ1) is 18.4. The normalized spacial score (nSPS) is 12.6. The van der Waals surface area contributed by atoms with Gasteiger partial charge < -0.3 is 0 Å². The molecule has 1 heteroatoms. The van der Waals surface area contributed by atoms with Gasteiger partial charge in [-0.1, -0.05) is 72.6 Å². The van der Waals surface area contributed by atoms with E-state index in [0.717, 1.165) is 12.1 Å². The van der Waals surface area contributed by atoms with E-state index < -0.39 is 0 Å². The van der Waals surface area contributed by atoms with E-state index in [2.05, 4.69) is 96.1 Å². The summed E-state index contributed by atoms with van der Waals surface area (Å²) in [5.74, 6) is 0. The van der Waals surface area contributed by atoms with Crippen molar-refractivity contribution in [3.05, 3.63) is 71.3 Å². The minimum Gasteiger partial charge on any atom is -0.283 e. The Balaban J connectivity index is 2.34. The van der Waals surface area contributed by atoms with Crippen LogP contribution in [0.15, 0.2) is 59.6 Å². The lowest BCUT2D eigenvalue weighted by molar-refractivity contribution is 0.505. The van der Waals surface area contributed by atoms with Crippen LogP contribution in [0.3, 0.4) is 0 Å². The molecule has 0 radical (unpaired) electrons. The van der Waals surface area contributed by atoms with Crippen LogP contribution >= 0.6 is 0 Å². The van der Waals surface area contributed by atoms with Gasteiger partial charge in [-0.2, -0.15) is 0 Å². The molecule has 0 saturated carbocycles. The number of hydrogen-bond donors (Lipinski definition) is 0. The molecule has 0 fully saturated rings. The van der Waals surface area contributed by atoms with Crippen molar-refractivity contribution in [1.29, 1.82) is 0 Å². The summed E-state index contributed by atoms with van der Waals surface area (Å²) in [4.78, 5) is 5.05. The minimum absolute atomic E-state index is 0.0461. The van der Waals surface area contributed by atoms with Crippen molar-refractivity contribution in [2.75, 3.05) is 0 Å². The van der Waals surface area contributed by atoms with Gasteiger partial charge in [0.1, 0.15) is 0 Å². The van der Waals surface area contributed by atoms with E-state index in [1.807, 2.05) is 0 Å². The molecule has 0 aliphatic rings. The number of rotatable bonds is 4. The molecule has 3 aromatic rings. The number of aryl methyl sites for hydroxylation is 2. The Kier molecular flexibility index (Phi) is 5.00. The minimum atomic E-state index is -0.0461. The Hall–Kier alpha value is -2.41. The molecule has 0 atom stereocenters. The Morgan fingerprint density at radius 3 is 2.23 bits per heavy atom. The molecule has 0 bridgehead atoms. The largest absolute Gasteiger partial charge is 0.283 e. The third-order valence-corrected chi connectivity index (χ3v) is 5.16. The molecule has 1 nitrogen and oxygen atoms in total. The summed E-state index contributed by atoms with van der Waals surface area (Å²) >= 11 is 0. The second-order valence-corrected chi connectivity index (χ2v) is 7.95. The van der Waals surface area contributed by atoms with Gasteiger partial charge in [0, 0.05) is 11.3 Å². The molecule has 0 N–H and O–H groups in total. The summed E-state index contributed by atoms with van der Waals surface area (Å²) < 4.78 is 0. The molecule has 0 heterocycles. The molecule has 0 aliphatic carbocycles. The highest BCUT2D eigenvalue weighted by molar-refractivity contribution is 6.12. The lowest BCUT2D eigenvalue weighted by atomic mass is 9.89. The van der Waals surface area contributed by atoms with Crippen LogP contribution in [0.4, 0.5) is 0 Å². The van der Waals surface area contributed by atoms with Crippen molar-refractivity contribution < 1.29 is 0 Å². The average molecular weight is 344 g/mol. The van der Waals surface area contributed by atoms with Crippen LogP contribution in [-0.4, -0.2) is 11.3 Å². The fourth-order valence-corrected chi connectivity index (χ4v) is 3.60. The van der Waals surface area contributed by atoms with Gasteiger partial charge in [-0.3, -0.25) is 4.99 Å². The molecule has 134 valence electrons. The zero-order valence-corrected chi connectivity index (χ0v) is 16.9. The molecule has 0 unspecified atom stereocenters. The van der Waals surface area contributed by atoms with Crippen molar-refractivity contribution >= 4 is 16.5 Å². The lowest BCUT2D eigenvalue weighted by Gasteiger charge is -2.21. The van der Waals surface area contributed by atoms with E-state index in [4.69, 9.17) is 4.99 Å². The molecule has 0 saturated heterocycles. The Bertz CT molecular complexity index is 956. The zero-order chi connectivity index (χ0) is 18.9. The van der Waals surface area contributed by atoms with Gasteiger partial charge in [0.05, 0.1) is 5.54 Å². The van der Waals surface area contributed by atoms with Crippen molar-refractivity contribution in [2.45, 2.75) is 53.5 Å². The predicted octanol–water partition coefficient (Wildman–Crippen LogP) is 7.12. The molecule has 0 aliphatic heterocycles. The molecule has 0 amide bonds. The van der Waals surface area contributed by atoms with Gasteiger partial charge in [-0.05, 0) is 62.9 Å². The fourth-order valence-electron chi connectivity index (χ4n) is 3.60. The van der Waals surface area contributed by atoms with Crippen LogP contribution in [0.2, 0.25) is 0 Å². The van der Waals surface area contributed by atoms with Gasteiger partial charge in [0.2, 0.25) is 0 Å². The van der Waals surface area contributed by atoms with Gasteiger partial charge in [-0.15, -0.1) is 0 Å². The van der Waals surface area contributed by atoms with Gasteiger partial charge >= 0.3 is 0 Å². The maximum atomic E-state index is 5.05. The van der Waals surface area contributed by atoms with Crippen LogP contribution in [0.1, 0.15) is 50.8 Å². The number of nitrogens with zero attached hydrogens (tertiary/aromatic N) is 1. The molecule has 3 rings (SSSR count). The standard InChI is InChI=1S/C25H29N/c1-7-25(5,6)26-19(4)22-13-12-20-10-8-9-11-23(20)24(22)21-15-17(2)14-18(3)16-21/h8-16H,7H2,1-6H3/b26-19+. The van der Waals surface area contributed by atoms with Crippen LogP contribution in [0.5, 0.6) is 0 Å². The number of aliphatic imine (C=N–C) groups is 1. The topological polar surface area (TPSA) is 12.4 Å². The second kappa shape index (κ2) is 7.07. The van der Waals surface area contributed by atoms with E-state index in [0.29, 0.717) is 0 Å². The first-order valence-corrected chi connectivity index (χ1v) is 9.48. The number of hydrogen-bond acceptors (Lipinski definition) is 1. The molecule has 26 heavy (non-hydrogen) atoms. The Morgan fingerprint density at radius 1 is 0.923 bits per heavy atom. The Morgan fingerprint density at radius 2 is 1.58 bits per heavy atom. The fraction of sp³-hybridized carbons (Fsp3) is 0.320. The highest BCUT2D eigenvalue weighted by Gasteiger charge is 2.17. The highest BCUT2D eigenvalue weighted by Crippen LogP contribution is 2.34. The summed E-state index contributed by atoms with van der Waals surface area (Å²) in [7, 11) is 0. The SMILES string of the molecule is CCC(C)(C)/N=C(\C)c1ccc2ccccc2c1-c1cc(C)cc(C)c1. The van der Waals surface area contributed by atoms with Crippen LogP contribution in [0, 0.1) is 13.8 Å². The summed E-state index contributed by atoms with van der Waals surface area (Å²) in [5, 5.41) is 2.56. The third kappa shape index (κ3) is 3.72. The Labute approximate surface area is 157 Å². The predicted molar refractivity (Wildman–Crippen MR) is 115 cm³/mol. The van der Waals surface area contributed by atoms with Crippen molar-refractivity contribution in [2.24, 2.45) is 4.99 Å². The quantitative estimate of drug-likeness (QED) is 0.447. The molecular formula is C25H29N. The number of benzene rings is 3. The van der Waals surface area contributed by atoms with E-state index >= 15 is 0 Å². The third-order valence-electron chi connectivity index (χ3n) is 5.16. The maximum Gasteiger partial charge on any atom is 0.0552 e. The first-order valence-electron chi connectivity index (χ1n) is 9.48. The van der Waals surface area contributed by atoms with E-state index in [9.17, 15) is 0 Å². The van der Waals surface area contributed by atoms with Crippen LogP contribution < -0.4 is 0 Å². The monoisotopic (exact) mass is 343 g/mol. The van der Waals surface area contributed by atoms with Crippen molar-refractivity contribution in [1.82, 2.24) is 0 Å². The van der Waals surface area contributed by atoms with E-state index in [1.165, 1.54) is 38.6 Å². The molecule has 0 spiro atoms. The van der Waals surface area contributed by atoms with Gasteiger partial charge in [-0.25, -0.2) is 0 Å². The van der Waals surface area contributed by atoms with Crippen molar-refractivity contribution in [3.63, 3.8) is 0 Å². The molecule has 3 aromatic carbocycles. The van der Waals surface area contributed by atoms with Crippen LogP contribution in [-0.2, 0) is 0 Å². The van der Waals surface area contributed by atoms with E-state index in [1.54, 1.807) is 0 Å². The van der Waals surface area contributed by atoms with E-state index in [-0.39, 0.29) is 5.54 Å². The first-order chi connectivity index (χ1) is 12.3. The summed E-state index contributed by atoms with van der Waals surface area (Å²) in [6.45, 7) is 13.1. The lowest BCUT2D eigenvalue weighted by Crippen LogP contribution is -2.17. The number of fused-ring (bicyclic) bond motifs is 1. The molecular weight excluding hydrogens is 314 g/mol. The zero-order valence-electron chi connectivity index (χ0n) is 16.9. The molecule has 0 aromatic heterocycles. The summed E-state index contributed by atoms with van der Waals surface area (Å²) in [6, 6.07) is 19.9. The van der Waals surface area contributed by atoms with Gasteiger partial charge in [0.15, 0.2) is 0 Å². The smallest absolute Gasteiger partial charge is 0.0552 e. The maximum absolute atomic E-state index is 5.05.